The number of hydrogen-bond acceptors (Lipinski definition) is 3. The van der Waals surface area contributed by atoms with Crippen LogP contribution >= 0.6 is 11.6 Å². The molecule has 0 radical (unpaired) electrons. The standard InChI is InChI=1S/C21H25ClFNO2/c1-16-7-8-18(22)20(13-16)26-15-21(25)9-4-11-24(12-10-21)14-17-5-2-3-6-19(17)23/h2-3,5-8,13,25H,4,9-12,14-15H2,1H3. The van der Waals surface area contributed by atoms with Gasteiger partial charge in [0.25, 0.3) is 0 Å². The molecule has 1 heterocycles. The number of benzene rings is 2. The number of nitrogens with zero attached hydrogens (tertiary/aromatic N) is 1. The molecule has 1 aliphatic rings. The van der Waals surface area contributed by atoms with Crippen LogP contribution < -0.4 is 4.74 Å². The average Bonchev–Trinajstić information content (AvgIpc) is 2.80. The molecule has 1 atom stereocenters. The van der Waals surface area contributed by atoms with Crippen LogP contribution in [0.15, 0.2) is 42.5 Å². The Hall–Kier alpha value is -1.62. The predicted octanol–water partition coefficient (Wildman–Crippen LogP) is 4.58. The second-order valence-corrected chi connectivity index (χ2v) is 7.58. The number of aliphatic hydroxyl groups is 1. The van der Waals surface area contributed by atoms with Crippen molar-refractivity contribution in [2.45, 2.75) is 38.3 Å². The summed E-state index contributed by atoms with van der Waals surface area (Å²) in [6, 6.07) is 12.5. The van der Waals surface area contributed by atoms with Crippen molar-refractivity contribution in [1.82, 2.24) is 4.90 Å². The number of ether oxygens (including phenoxy) is 1. The Morgan fingerprint density at radius 3 is 2.81 bits per heavy atom. The quantitative estimate of drug-likeness (QED) is 0.827. The zero-order valence-corrected chi connectivity index (χ0v) is 15.8. The van der Waals surface area contributed by atoms with Crippen molar-refractivity contribution in [3.8, 4) is 5.75 Å². The van der Waals surface area contributed by atoms with Crippen LogP contribution in [-0.2, 0) is 6.54 Å². The van der Waals surface area contributed by atoms with E-state index in [1.54, 1.807) is 12.1 Å². The molecule has 2 aromatic carbocycles. The van der Waals surface area contributed by atoms with Crippen LogP contribution in [0, 0.1) is 12.7 Å². The Kier molecular flexibility index (Phi) is 6.17. The van der Waals surface area contributed by atoms with Gasteiger partial charge in [-0.3, -0.25) is 4.90 Å². The fraction of sp³-hybridized carbons (Fsp3) is 0.429. The fourth-order valence-electron chi connectivity index (χ4n) is 3.34. The Morgan fingerprint density at radius 1 is 1.19 bits per heavy atom. The molecule has 1 aliphatic heterocycles. The molecule has 0 saturated carbocycles. The molecule has 0 spiro atoms. The zero-order valence-electron chi connectivity index (χ0n) is 15.0. The summed E-state index contributed by atoms with van der Waals surface area (Å²) in [7, 11) is 0. The van der Waals surface area contributed by atoms with Gasteiger partial charge in [0.1, 0.15) is 18.2 Å². The van der Waals surface area contributed by atoms with Crippen molar-refractivity contribution in [3.05, 3.63) is 64.4 Å². The molecule has 1 unspecified atom stereocenters. The lowest BCUT2D eigenvalue weighted by atomic mass is 9.96. The van der Waals surface area contributed by atoms with Gasteiger partial charge in [-0.25, -0.2) is 4.39 Å². The van der Waals surface area contributed by atoms with Gasteiger partial charge in [0.2, 0.25) is 0 Å². The molecule has 1 fully saturated rings. The summed E-state index contributed by atoms with van der Waals surface area (Å²) >= 11 is 6.17. The summed E-state index contributed by atoms with van der Waals surface area (Å²) in [5, 5.41) is 11.5. The molecule has 0 amide bonds. The summed E-state index contributed by atoms with van der Waals surface area (Å²) in [5.74, 6) is 0.428. The monoisotopic (exact) mass is 377 g/mol. The second-order valence-electron chi connectivity index (χ2n) is 7.17. The Bertz CT molecular complexity index is 755. The van der Waals surface area contributed by atoms with E-state index < -0.39 is 5.60 Å². The van der Waals surface area contributed by atoms with Crippen molar-refractivity contribution in [2.75, 3.05) is 19.7 Å². The highest BCUT2D eigenvalue weighted by atomic mass is 35.5. The van der Waals surface area contributed by atoms with Gasteiger partial charge in [-0.05, 0) is 56.5 Å². The summed E-state index contributed by atoms with van der Waals surface area (Å²) in [6.07, 6.45) is 2.09. The Labute approximate surface area is 159 Å². The lowest BCUT2D eigenvalue weighted by Gasteiger charge is -2.27. The van der Waals surface area contributed by atoms with Gasteiger partial charge in [0.05, 0.1) is 10.6 Å². The molecule has 0 bridgehead atoms. The van der Waals surface area contributed by atoms with E-state index in [2.05, 4.69) is 4.90 Å². The third-order valence-corrected chi connectivity index (χ3v) is 5.26. The van der Waals surface area contributed by atoms with Crippen LogP contribution in [0.3, 0.4) is 0 Å². The molecule has 1 saturated heterocycles. The number of rotatable bonds is 5. The molecule has 5 heteroatoms. The zero-order chi connectivity index (χ0) is 18.6. The van der Waals surface area contributed by atoms with Crippen LogP contribution in [0.25, 0.3) is 0 Å². The van der Waals surface area contributed by atoms with Crippen molar-refractivity contribution in [2.24, 2.45) is 0 Å². The maximum atomic E-state index is 13.9. The van der Waals surface area contributed by atoms with Gasteiger partial charge in [-0.15, -0.1) is 0 Å². The van der Waals surface area contributed by atoms with Crippen LogP contribution in [-0.4, -0.2) is 35.3 Å². The minimum atomic E-state index is -0.892. The second kappa shape index (κ2) is 8.38. The first-order chi connectivity index (χ1) is 12.5. The first-order valence-electron chi connectivity index (χ1n) is 9.02. The van der Waals surface area contributed by atoms with Crippen molar-refractivity contribution in [3.63, 3.8) is 0 Å². The SMILES string of the molecule is Cc1ccc(Cl)c(OCC2(O)CCCN(Cc3ccccc3F)CC2)c1. The minimum Gasteiger partial charge on any atom is -0.489 e. The summed E-state index contributed by atoms with van der Waals surface area (Å²) < 4.78 is 19.7. The van der Waals surface area contributed by atoms with Gasteiger partial charge in [0.15, 0.2) is 0 Å². The first kappa shape index (κ1) is 19.2. The molecule has 2 aromatic rings. The molecule has 3 rings (SSSR count). The van der Waals surface area contributed by atoms with Gasteiger partial charge in [0, 0.05) is 18.7 Å². The number of aryl methyl sites for hydroxylation is 1. The number of halogens is 2. The van der Waals surface area contributed by atoms with Crippen LogP contribution in [0.4, 0.5) is 4.39 Å². The van der Waals surface area contributed by atoms with Crippen LogP contribution in [0.5, 0.6) is 5.75 Å². The lowest BCUT2D eigenvalue weighted by molar-refractivity contribution is -0.0168. The molecule has 3 nitrogen and oxygen atoms in total. The fourth-order valence-corrected chi connectivity index (χ4v) is 3.51. The van der Waals surface area contributed by atoms with E-state index in [1.807, 2.05) is 31.2 Å². The smallest absolute Gasteiger partial charge is 0.138 e. The van der Waals surface area contributed by atoms with Gasteiger partial charge in [-0.1, -0.05) is 35.9 Å². The van der Waals surface area contributed by atoms with Crippen LogP contribution in [0.1, 0.15) is 30.4 Å². The normalized spacial score (nSPS) is 21.4. The van der Waals surface area contributed by atoms with E-state index in [0.29, 0.717) is 42.3 Å². The maximum absolute atomic E-state index is 13.9. The molecule has 1 N–H and O–H groups in total. The van der Waals surface area contributed by atoms with Crippen LogP contribution in [0.2, 0.25) is 5.02 Å². The van der Waals surface area contributed by atoms with E-state index in [-0.39, 0.29) is 12.4 Å². The highest BCUT2D eigenvalue weighted by molar-refractivity contribution is 6.32. The van der Waals surface area contributed by atoms with Crippen molar-refractivity contribution >= 4 is 11.6 Å². The highest BCUT2D eigenvalue weighted by Gasteiger charge is 2.31. The topological polar surface area (TPSA) is 32.7 Å². The summed E-state index contributed by atoms with van der Waals surface area (Å²) in [4.78, 5) is 2.19. The van der Waals surface area contributed by atoms with E-state index in [0.717, 1.165) is 18.5 Å². The van der Waals surface area contributed by atoms with Gasteiger partial charge >= 0.3 is 0 Å². The Balaban J connectivity index is 1.58. The molecule has 26 heavy (non-hydrogen) atoms. The van der Waals surface area contributed by atoms with Gasteiger partial charge in [-0.2, -0.15) is 0 Å². The number of likely N-dealkylation sites (tertiary alicyclic amines) is 1. The molecule has 140 valence electrons. The largest absolute Gasteiger partial charge is 0.489 e. The third kappa shape index (κ3) is 4.97. The van der Waals surface area contributed by atoms with E-state index in [4.69, 9.17) is 16.3 Å². The number of hydrogen-bond donors (Lipinski definition) is 1. The molecular weight excluding hydrogens is 353 g/mol. The van der Waals surface area contributed by atoms with Crippen molar-refractivity contribution < 1.29 is 14.2 Å². The first-order valence-corrected chi connectivity index (χ1v) is 9.40. The summed E-state index contributed by atoms with van der Waals surface area (Å²) in [6.45, 7) is 4.29. The third-order valence-electron chi connectivity index (χ3n) is 4.94. The lowest BCUT2D eigenvalue weighted by Crippen LogP contribution is -2.37. The molecule has 0 aromatic heterocycles. The Morgan fingerprint density at radius 2 is 2.00 bits per heavy atom. The predicted molar refractivity (Wildman–Crippen MR) is 102 cm³/mol. The molecular formula is C21H25ClFNO2. The van der Waals surface area contributed by atoms with Gasteiger partial charge < -0.3 is 9.84 Å². The van der Waals surface area contributed by atoms with E-state index in [1.165, 1.54) is 6.07 Å². The van der Waals surface area contributed by atoms with E-state index >= 15 is 0 Å². The maximum Gasteiger partial charge on any atom is 0.138 e. The van der Waals surface area contributed by atoms with E-state index in [9.17, 15) is 9.50 Å². The minimum absolute atomic E-state index is 0.176. The summed E-state index contributed by atoms with van der Waals surface area (Å²) in [5.41, 5.74) is 0.867. The average molecular weight is 378 g/mol. The van der Waals surface area contributed by atoms with Crippen molar-refractivity contribution in [1.29, 1.82) is 0 Å². The highest BCUT2D eigenvalue weighted by Crippen LogP contribution is 2.29. The molecule has 0 aliphatic carbocycles.